The molecule has 1 atom stereocenters. The second-order valence-electron chi connectivity index (χ2n) is 3.75. The number of nitrogens with zero attached hydrogens (tertiary/aromatic N) is 1. The Labute approximate surface area is 78.2 Å². The molecule has 0 spiro atoms. The van der Waals surface area contributed by atoms with E-state index in [1.165, 1.54) is 5.57 Å². The van der Waals surface area contributed by atoms with Crippen LogP contribution >= 0.6 is 0 Å². The molecule has 13 heavy (non-hydrogen) atoms. The second-order valence-corrected chi connectivity index (χ2v) is 3.75. The largest absolute Gasteiger partial charge is 0.379 e. The van der Waals surface area contributed by atoms with Crippen molar-refractivity contribution in [3.05, 3.63) is 35.1 Å². The van der Waals surface area contributed by atoms with Crippen LogP contribution in [0.5, 0.6) is 0 Å². The molecule has 0 aromatic rings. The summed E-state index contributed by atoms with van der Waals surface area (Å²) in [5, 5.41) is 0. The normalized spacial score (nSPS) is 26.2. The number of rotatable bonds is 1. The Morgan fingerprint density at radius 1 is 1.54 bits per heavy atom. The molecule has 2 aliphatic rings. The first-order valence-corrected chi connectivity index (χ1v) is 4.52. The summed E-state index contributed by atoms with van der Waals surface area (Å²) in [6.45, 7) is 3.23. The lowest BCUT2D eigenvalue weighted by molar-refractivity contribution is -0.104. The third-order valence-corrected chi connectivity index (χ3v) is 2.63. The molecule has 1 heterocycles. The Bertz CT molecular complexity index is 336. The minimum atomic E-state index is 0.527. The molecule has 0 bridgehead atoms. The van der Waals surface area contributed by atoms with Gasteiger partial charge in [0.15, 0.2) is 6.29 Å². The van der Waals surface area contributed by atoms with E-state index in [1.54, 1.807) is 0 Å². The van der Waals surface area contributed by atoms with Gasteiger partial charge >= 0.3 is 0 Å². The number of carbonyl (C=O) groups excluding carboxylic acids is 1. The molecule has 1 aliphatic heterocycles. The molecule has 2 rings (SSSR count). The lowest BCUT2D eigenvalue weighted by Gasteiger charge is -2.28. The minimum Gasteiger partial charge on any atom is -0.379 e. The molecule has 0 aromatic heterocycles. The molecular weight excluding hydrogens is 162 g/mol. The van der Waals surface area contributed by atoms with E-state index >= 15 is 0 Å². The van der Waals surface area contributed by atoms with Crippen LogP contribution in [0.3, 0.4) is 0 Å². The first kappa shape index (κ1) is 8.30. The number of hydrogen-bond acceptors (Lipinski definition) is 2. The van der Waals surface area contributed by atoms with Crippen molar-refractivity contribution in [1.29, 1.82) is 0 Å². The van der Waals surface area contributed by atoms with Crippen LogP contribution < -0.4 is 0 Å². The van der Waals surface area contributed by atoms with E-state index in [2.05, 4.69) is 24.1 Å². The number of fused-ring (bicyclic) bond motifs is 1. The average molecular weight is 175 g/mol. The molecule has 2 heteroatoms. The van der Waals surface area contributed by atoms with E-state index in [-0.39, 0.29) is 0 Å². The zero-order valence-electron chi connectivity index (χ0n) is 7.95. The Balaban J connectivity index is 2.40. The second kappa shape index (κ2) is 2.87. The predicted octanol–water partition coefficient (Wildman–Crippen LogP) is 1.52. The van der Waals surface area contributed by atoms with E-state index in [1.807, 2.05) is 13.1 Å². The van der Waals surface area contributed by atoms with Crippen LogP contribution in [-0.2, 0) is 4.79 Å². The summed E-state index contributed by atoms with van der Waals surface area (Å²) in [6, 6.07) is 0. The zero-order valence-corrected chi connectivity index (χ0v) is 7.95. The number of carbonyl (C=O) groups is 1. The summed E-state index contributed by atoms with van der Waals surface area (Å²) in [7, 11) is 2.04. The Kier molecular flexibility index (Phi) is 1.83. The number of hydrogen-bond donors (Lipinski definition) is 0. The van der Waals surface area contributed by atoms with E-state index in [9.17, 15) is 4.79 Å². The molecule has 2 nitrogen and oxygen atoms in total. The van der Waals surface area contributed by atoms with E-state index < -0.39 is 0 Å². The van der Waals surface area contributed by atoms with Crippen molar-refractivity contribution in [2.45, 2.75) is 6.92 Å². The Hall–Kier alpha value is -1.31. The quantitative estimate of drug-likeness (QED) is 0.563. The smallest absolute Gasteiger partial charge is 0.150 e. The van der Waals surface area contributed by atoms with Crippen LogP contribution in [0.4, 0.5) is 0 Å². The van der Waals surface area contributed by atoms with Gasteiger partial charge in [-0.25, -0.2) is 0 Å². The van der Waals surface area contributed by atoms with Crippen LogP contribution in [0.1, 0.15) is 6.92 Å². The van der Waals surface area contributed by atoms with Crippen LogP contribution in [0, 0.1) is 5.92 Å². The third-order valence-electron chi connectivity index (χ3n) is 2.63. The first-order chi connectivity index (χ1) is 6.22. The van der Waals surface area contributed by atoms with E-state index in [0.29, 0.717) is 5.92 Å². The maximum absolute atomic E-state index is 10.7. The Morgan fingerprint density at radius 2 is 2.31 bits per heavy atom. The van der Waals surface area contributed by atoms with Gasteiger partial charge in [-0.1, -0.05) is 19.1 Å². The van der Waals surface area contributed by atoms with E-state index in [0.717, 1.165) is 24.0 Å². The van der Waals surface area contributed by atoms with E-state index in [4.69, 9.17) is 0 Å². The summed E-state index contributed by atoms with van der Waals surface area (Å²) in [5.74, 6) is 0.527. The molecular formula is C11H13NO. The van der Waals surface area contributed by atoms with Crippen molar-refractivity contribution in [3.8, 4) is 0 Å². The number of allylic oxidation sites excluding steroid dienone is 4. The van der Waals surface area contributed by atoms with Gasteiger partial charge in [0.2, 0.25) is 0 Å². The molecule has 1 aliphatic carbocycles. The molecule has 0 unspecified atom stereocenters. The van der Waals surface area contributed by atoms with Crippen LogP contribution in [0.15, 0.2) is 35.1 Å². The fourth-order valence-corrected chi connectivity index (χ4v) is 2.01. The lowest BCUT2D eigenvalue weighted by Crippen LogP contribution is -2.26. The van der Waals surface area contributed by atoms with Gasteiger partial charge in [-0.2, -0.15) is 0 Å². The van der Waals surface area contributed by atoms with Crippen LogP contribution in [-0.4, -0.2) is 24.8 Å². The fourth-order valence-electron chi connectivity index (χ4n) is 2.01. The van der Waals surface area contributed by atoms with Crippen molar-refractivity contribution in [2.24, 2.45) is 5.92 Å². The van der Waals surface area contributed by atoms with Crippen LogP contribution in [0.25, 0.3) is 0 Å². The van der Waals surface area contributed by atoms with Gasteiger partial charge in [0.05, 0.1) is 0 Å². The molecule has 68 valence electrons. The maximum Gasteiger partial charge on any atom is 0.150 e. The van der Waals surface area contributed by atoms with Gasteiger partial charge in [0, 0.05) is 30.9 Å². The lowest BCUT2D eigenvalue weighted by atomic mass is 9.91. The Morgan fingerprint density at radius 3 is 3.00 bits per heavy atom. The van der Waals surface area contributed by atoms with Crippen molar-refractivity contribution < 1.29 is 4.79 Å². The highest BCUT2D eigenvalue weighted by molar-refractivity contribution is 5.86. The molecule has 0 saturated heterocycles. The average Bonchev–Trinajstić information content (AvgIpc) is 2.47. The molecule has 0 radical (unpaired) electrons. The maximum atomic E-state index is 10.7. The van der Waals surface area contributed by atoms with Crippen molar-refractivity contribution in [3.63, 3.8) is 0 Å². The SMILES string of the molecule is C[C@@H]1CN(C)C=C2C(C=O)=CC=C21. The summed E-state index contributed by atoms with van der Waals surface area (Å²) in [6.07, 6.45) is 6.96. The highest BCUT2D eigenvalue weighted by atomic mass is 16.1. The molecule has 0 aromatic carbocycles. The molecule has 0 N–H and O–H groups in total. The summed E-state index contributed by atoms with van der Waals surface area (Å²) >= 11 is 0. The first-order valence-electron chi connectivity index (χ1n) is 4.52. The zero-order chi connectivity index (χ0) is 9.42. The van der Waals surface area contributed by atoms with Crippen molar-refractivity contribution in [1.82, 2.24) is 4.90 Å². The highest BCUT2D eigenvalue weighted by Crippen LogP contribution is 2.34. The van der Waals surface area contributed by atoms with Gasteiger partial charge < -0.3 is 4.90 Å². The summed E-state index contributed by atoms with van der Waals surface area (Å²) in [4.78, 5) is 12.9. The topological polar surface area (TPSA) is 20.3 Å². The molecule has 0 fully saturated rings. The molecule has 0 saturated carbocycles. The fraction of sp³-hybridized carbons (Fsp3) is 0.364. The summed E-state index contributed by atoms with van der Waals surface area (Å²) < 4.78 is 0. The van der Waals surface area contributed by atoms with Gasteiger partial charge in [0.25, 0.3) is 0 Å². The minimum absolute atomic E-state index is 0.527. The van der Waals surface area contributed by atoms with Crippen LogP contribution in [0.2, 0.25) is 0 Å². The molecule has 0 amide bonds. The monoisotopic (exact) mass is 175 g/mol. The van der Waals surface area contributed by atoms with Gasteiger partial charge in [0.1, 0.15) is 0 Å². The van der Waals surface area contributed by atoms with Gasteiger partial charge in [-0.05, 0) is 11.5 Å². The number of aldehydes is 1. The van der Waals surface area contributed by atoms with Crippen molar-refractivity contribution in [2.75, 3.05) is 13.6 Å². The van der Waals surface area contributed by atoms with Gasteiger partial charge in [-0.3, -0.25) is 4.79 Å². The highest BCUT2D eigenvalue weighted by Gasteiger charge is 2.24. The summed E-state index contributed by atoms with van der Waals surface area (Å²) in [5.41, 5.74) is 3.23. The predicted molar refractivity (Wildman–Crippen MR) is 52.1 cm³/mol. The van der Waals surface area contributed by atoms with Gasteiger partial charge in [-0.15, -0.1) is 0 Å². The standard InChI is InChI=1S/C11H13NO/c1-8-5-12(2)6-11-9(7-13)3-4-10(8)11/h3-4,6-8H,5H2,1-2H3/t8-/m1/s1. The third kappa shape index (κ3) is 1.22. The van der Waals surface area contributed by atoms with Crippen molar-refractivity contribution >= 4 is 6.29 Å².